The van der Waals surface area contributed by atoms with Crippen LogP contribution in [0.1, 0.15) is 48.8 Å². The number of carbonyl (C=O) groups excluding carboxylic acids is 3. The number of ketones is 2. The lowest BCUT2D eigenvalue weighted by Gasteiger charge is -2.50. The number of allylic oxidation sites excluding steroid dienone is 2. The van der Waals surface area contributed by atoms with Crippen molar-refractivity contribution in [3.8, 4) is 28.7 Å². The molecule has 6 N–H and O–H groups in total. The van der Waals surface area contributed by atoms with Gasteiger partial charge in [0.25, 0.3) is 5.91 Å². The molecule has 0 radical (unpaired) electrons. The molecule has 0 bridgehead atoms. The first-order chi connectivity index (χ1) is 22.3. The average Bonchev–Trinajstić information content (AvgIpc) is 3.02. The van der Waals surface area contributed by atoms with Crippen molar-refractivity contribution < 1.29 is 34.8 Å². The summed E-state index contributed by atoms with van der Waals surface area (Å²) in [6.45, 7) is 0. The summed E-state index contributed by atoms with van der Waals surface area (Å²) >= 11 is 0. The van der Waals surface area contributed by atoms with Gasteiger partial charge in [0, 0.05) is 31.3 Å². The number of anilines is 1. The molecule has 1 unspecified atom stereocenters. The summed E-state index contributed by atoms with van der Waals surface area (Å²) in [5.41, 5.74) is 6.07. The monoisotopic (exact) mass is 637 g/mol. The number of aliphatic hydroxyl groups excluding tert-OH is 2. The molecular weight excluding hydrogens is 598 g/mol. The summed E-state index contributed by atoms with van der Waals surface area (Å²) in [5, 5.41) is 46.6. The van der Waals surface area contributed by atoms with Crippen molar-refractivity contribution in [2.45, 2.75) is 50.2 Å². The van der Waals surface area contributed by atoms with E-state index in [1.54, 1.807) is 20.2 Å². The highest BCUT2D eigenvalue weighted by atomic mass is 16.3. The molecule has 0 aliphatic heterocycles. The number of amides is 1. The molecule has 244 valence electrons. The number of nitrogens with zero attached hydrogens (tertiary/aromatic N) is 2. The zero-order valence-corrected chi connectivity index (χ0v) is 26.9. The lowest BCUT2D eigenvalue weighted by Crippen LogP contribution is -2.65. The topological polar surface area (TPSA) is 165 Å². The molecule has 4 aliphatic carbocycles. The van der Waals surface area contributed by atoms with Crippen LogP contribution in [0.3, 0.4) is 0 Å². The predicted molar refractivity (Wildman–Crippen MR) is 177 cm³/mol. The third-order valence-electron chi connectivity index (χ3n) is 10.1. The molecule has 10 nitrogen and oxygen atoms in total. The zero-order valence-electron chi connectivity index (χ0n) is 26.9. The van der Waals surface area contributed by atoms with Crippen LogP contribution in [0.15, 0.2) is 58.9 Å². The Kier molecular flexibility index (Phi) is 8.02. The molecule has 47 heavy (non-hydrogen) atoms. The van der Waals surface area contributed by atoms with Crippen molar-refractivity contribution in [1.29, 1.82) is 0 Å². The number of phenolic OH excluding ortho intramolecular Hbond substituents is 1. The van der Waals surface area contributed by atoms with Gasteiger partial charge in [-0.15, -0.1) is 0 Å². The number of aliphatic hydroxyl groups is 3. The van der Waals surface area contributed by atoms with Gasteiger partial charge < -0.3 is 31.1 Å². The zero-order chi connectivity index (χ0) is 33.9. The average molecular weight is 638 g/mol. The number of Topliss-reactive ketones (excluding diaryl/α,β-unsaturated/α-hetero) is 2. The molecule has 0 heterocycles. The molecule has 0 aromatic heterocycles. The molecule has 4 aliphatic rings. The van der Waals surface area contributed by atoms with Gasteiger partial charge in [-0.2, -0.15) is 0 Å². The summed E-state index contributed by atoms with van der Waals surface area (Å²) in [6, 6.07) is 8.46. The Bertz CT molecular complexity index is 1870. The maximum absolute atomic E-state index is 14.3. The second-order valence-electron chi connectivity index (χ2n) is 13.3. The fraction of sp³-hybridized carbons (Fsp3) is 0.378. The van der Waals surface area contributed by atoms with Crippen LogP contribution in [0.4, 0.5) is 5.69 Å². The van der Waals surface area contributed by atoms with Crippen LogP contribution in [0.2, 0.25) is 0 Å². The summed E-state index contributed by atoms with van der Waals surface area (Å²) < 4.78 is 0. The number of phenols is 1. The second-order valence-corrected chi connectivity index (χ2v) is 13.3. The number of fused-ring (bicyclic) bond motifs is 3. The fourth-order valence-corrected chi connectivity index (χ4v) is 7.70. The van der Waals surface area contributed by atoms with E-state index in [-0.39, 0.29) is 35.3 Å². The fourth-order valence-electron chi connectivity index (χ4n) is 7.70. The third-order valence-corrected chi connectivity index (χ3v) is 10.1. The van der Waals surface area contributed by atoms with E-state index in [0.717, 1.165) is 42.5 Å². The number of carbonyl (C=O) groups is 3. The Morgan fingerprint density at radius 1 is 1.02 bits per heavy atom. The van der Waals surface area contributed by atoms with Gasteiger partial charge in [0.05, 0.1) is 17.2 Å². The van der Waals surface area contributed by atoms with Crippen LogP contribution in [0, 0.1) is 23.7 Å². The Labute approximate surface area is 273 Å². The minimum atomic E-state index is -2.70. The highest BCUT2D eigenvalue weighted by Crippen LogP contribution is 2.54. The van der Waals surface area contributed by atoms with Gasteiger partial charge in [-0.1, -0.05) is 30.0 Å². The Hall–Kier alpha value is -4.85. The van der Waals surface area contributed by atoms with E-state index in [2.05, 4.69) is 17.9 Å². The van der Waals surface area contributed by atoms with E-state index in [4.69, 9.17) is 5.73 Å². The third kappa shape index (κ3) is 5.01. The second kappa shape index (κ2) is 11.7. The number of rotatable bonds is 4. The maximum Gasteiger partial charge on any atom is 0.255 e. The summed E-state index contributed by atoms with van der Waals surface area (Å²) in [5.74, 6) is -0.611. The molecule has 2 aromatic carbocycles. The number of aromatic hydroxyl groups is 1. The predicted octanol–water partition coefficient (Wildman–Crippen LogP) is 3.55. The van der Waals surface area contributed by atoms with E-state index < -0.39 is 58.0 Å². The number of hydrogen-bond acceptors (Lipinski definition) is 9. The van der Waals surface area contributed by atoms with Crippen LogP contribution < -0.4 is 10.6 Å². The van der Waals surface area contributed by atoms with E-state index in [1.807, 2.05) is 43.3 Å². The largest absolute Gasteiger partial charge is 0.508 e. The molecule has 2 aromatic rings. The molecule has 6 rings (SSSR count). The highest BCUT2D eigenvalue weighted by molar-refractivity contribution is 6.24. The summed E-state index contributed by atoms with van der Waals surface area (Å²) in [4.78, 5) is 43.5. The molecule has 1 saturated carbocycles. The first kappa shape index (κ1) is 32.1. The first-order valence-corrected chi connectivity index (χ1v) is 15.8. The molecular formula is C37H39N3O7. The Morgan fingerprint density at radius 2 is 1.72 bits per heavy atom. The number of primary amides is 1. The van der Waals surface area contributed by atoms with Crippen molar-refractivity contribution >= 4 is 28.9 Å². The number of nitrogens with two attached hydrogens (primary N) is 1. The molecule has 1 amide bonds. The van der Waals surface area contributed by atoms with Gasteiger partial charge in [-0.25, -0.2) is 0 Å². The van der Waals surface area contributed by atoms with Gasteiger partial charge in [0.15, 0.2) is 11.4 Å². The standard InChI is InChI=1S/C37H39N3O7/c1-39(2)23-14-12-20(13-15-23)24-16-21(11-10-19-8-6-5-7-9-19)31(41)28-25(24)17-22-18-26-30(40(3)4)33(43)29(36(38)46)35(45)37(26,47)34(44)27(22)32(28)42/h8,12-16,22,26,30,41-42,45,47H,5-7,9,17-18H2,1-4H3,(H2,38,46)/t22-,26-,30?,37-/m0/s1. The van der Waals surface area contributed by atoms with Crippen molar-refractivity contribution in [2.75, 3.05) is 33.1 Å². The Balaban J connectivity index is 1.58. The van der Waals surface area contributed by atoms with Gasteiger partial charge in [0.2, 0.25) is 5.78 Å². The van der Waals surface area contributed by atoms with Crippen molar-refractivity contribution in [1.82, 2.24) is 4.90 Å². The SMILES string of the molecule is CN(C)c1ccc(-c2cc(C#CC3=CCCCC3)c(O)c3c2C[C@H]2C[C@H]4C(N(C)C)C(=O)C(C(N)=O)=C(O)[C@@]4(O)C(=O)C2=C3O)cc1. The minimum Gasteiger partial charge on any atom is -0.508 e. The van der Waals surface area contributed by atoms with Crippen molar-refractivity contribution in [3.05, 3.63) is 75.6 Å². The maximum atomic E-state index is 14.3. The minimum absolute atomic E-state index is 0.0151. The smallest absolute Gasteiger partial charge is 0.255 e. The summed E-state index contributed by atoms with van der Waals surface area (Å²) in [6.07, 6.45) is 6.19. The Morgan fingerprint density at radius 3 is 2.32 bits per heavy atom. The first-order valence-electron chi connectivity index (χ1n) is 15.8. The summed E-state index contributed by atoms with van der Waals surface area (Å²) in [7, 11) is 7.03. The van der Waals surface area contributed by atoms with Gasteiger partial charge in [-0.05, 0) is 99.0 Å². The highest BCUT2D eigenvalue weighted by Gasteiger charge is 2.64. The lowest BCUT2D eigenvalue weighted by atomic mass is 9.57. The van der Waals surface area contributed by atoms with E-state index in [9.17, 15) is 34.8 Å². The van der Waals surface area contributed by atoms with Crippen LogP contribution in [-0.2, 0) is 20.8 Å². The quantitative estimate of drug-likeness (QED) is 0.249. The normalized spacial score (nSPS) is 25.4. The van der Waals surface area contributed by atoms with E-state index >= 15 is 0 Å². The van der Waals surface area contributed by atoms with Gasteiger partial charge in [0.1, 0.15) is 22.8 Å². The number of hydrogen-bond donors (Lipinski definition) is 5. The van der Waals surface area contributed by atoms with Gasteiger partial charge in [-0.3, -0.25) is 19.3 Å². The van der Waals surface area contributed by atoms with E-state index in [1.165, 1.54) is 4.90 Å². The van der Waals surface area contributed by atoms with E-state index in [0.29, 0.717) is 11.1 Å². The van der Waals surface area contributed by atoms with Gasteiger partial charge >= 0.3 is 0 Å². The van der Waals surface area contributed by atoms with Crippen LogP contribution in [0.25, 0.3) is 16.9 Å². The van der Waals surface area contributed by atoms with Crippen LogP contribution >= 0.6 is 0 Å². The van der Waals surface area contributed by atoms with Crippen LogP contribution in [-0.4, -0.2) is 82.6 Å². The molecule has 10 heteroatoms. The van der Waals surface area contributed by atoms with Crippen molar-refractivity contribution in [3.63, 3.8) is 0 Å². The van der Waals surface area contributed by atoms with Crippen LogP contribution in [0.5, 0.6) is 5.75 Å². The molecule has 0 saturated heterocycles. The molecule has 1 fully saturated rings. The molecule has 4 atom stereocenters. The molecule has 0 spiro atoms. The number of benzene rings is 2. The van der Waals surface area contributed by atoms with Crippen molar-refractivity contribution in [2.24, 2.45) is 17.6 Å². The lowest BCUT2D eigenvalue weighted by molar-refractivity contribution is -0.153. The number of likely N-dealkylation sites (N-methyl/N-ethyl adjacent to an activating group) is 1.